The molecule has 126 valence electrons. The van der Waals surface area contributed by atoms with Crippen molar-refractivity contribution < 1.29 is 9.84 Å². The number of aromatic hydroxyl groups is 1. The zero-order chi connectivity index (χ0) is 17.6. The van der Waals surface area contributed by atoms with Gasteiger partial charge in [-0.3, -0.25) is 0 Å². The molecule has 25 heavy (non-hydrogen) atoms. The molecule has 0 aliphatic rings. The summed E-state index contributed by atoms with van der Waals surface area (Å²) >= 11 is 0. The van der Waals surface area contributed by atoms with Gasteiger partial charge in [0.05, 0.1) is 24.2 Å². The van der Waals surface area contributed by atoms with E-state index in [2.05, 4.69) is 0 Å². The van der Waals surface area contributed by atoms with Gasteiger partial charge in [-0.25, -0.2) is 5.01 Å². The third-order valence-electron chi connectivity index (χ3n) is 3.85. The molecule has 4 nitrogen and oxygen atoms in total. The first-order valence-electron chi connectivity index (χ1n) is 8.02. The highest BCUT2D eigenvalue weighted by Gasteiger charge is 2.11. The summed E-state index contributed by atoms with van der Waals surface area (Å²) in [5, 5.41) is 16.9. The molecule has 3 rings (SSSR count). The Bertz CT molecular complexity index is 822. The highest BCUT2D eigenvalue weighted by Crippen LogP contribution is 2.28. The van der Waals surface area contributed by atoms with Gasteiger partial charge in [0.2, 0.25) is 0 Å². The van der Waals surface area contributed by atoms with Crippen LogP contribution in [0.1, 0.15) is 12.5 Å². The van der Waals surface area contributed by atoms with Crippen molar-refractivity contribution in [1.29, 1.82) is 0 Å². The minimum absolute atomic E-state index is 0.140. The number of rotatable bonds is 5. The lowest BCUT2D eigenvalue weighted by atomic mass is 10.1. The number of hydrogen-bond acceptors (Lipinski definition) is 4. The average Bonchev–Trinajstić information content (AvgIpc) is 2.67. The van der Waals surface area contributed by atoms with Gasteiger partial charge < -0.3 is 9.84 Å². The molecular formula is C21H20N2O2. The second kappa shape index (κ2) is 7.53. The Morgan fingerprint density at radius 2 is 1.44 bits per heavy atom. The summed E-state index contributed by atoms with van der Waals surface area (Å²) in [7, 11) is 1.57. The predicted molar refractivity (Wildman–Crippen MR) is 102 cm³/mol. The summed E-state index contributed by atoms with van der Waals surface area (Å²) in [6.45, 7) is 1.88. The van der Waals surface area contributed by atoms with Crippen molar-refractivity contribution in [3.05, 3.63) is 84.4 Å². The quantitative estimate of drug-likeness (QED) is 0.530. The van der Waals surface area contributed by atoms with E-state index in [0.717, 1.165) is 11.4 Å². The van der Waals surface area contributed by atoms with E-state index in [0.29, 0.717) is 17.0 Å². The maximum atomic E-state index is 10.3. The van der Waals surface area contributed by atoms with Crippen LogP contribution < -0.4 is 9.75 Å². The number of para-hydroxylation sites is 2. The number of hydrazone groups is 1. The molecule has 0 atom stereocenters. The number of anilines is 2. The van der Waals surface area contributed by atoms with E-state index in [4.69, 9.17) is 9.84 Å². The van der Waals surface area contributed by atoms with Crippen molar-refractivity contribution in [3.8, 4) is 11.5 Å². The van der Waals surface area contributed by atoms with E-state index in [-0.39, 0.29) is 5.75 Å². The zero-order valence-corrected chi connectivity index (χ0v) is 14.3. The second-order valence-electron chi connectivity index (χ2n) is 5.55. The Balaban J connectivity index is 2.04. The van der Waals surface area contributed by atoms with E-state index in [1.165, 1.54) is 0 Å². The summed E-state index contributed by atoms with van der Waals surface area (Å²) in [6.07, 6.45) is 0. The van der Waals surface area contributed by atoms with Crippen molar-refractivity contribution in [2.45, 2.75) is 6.92 Å². The lowest BCUT2D eigenvalue weighted by molar-refractivity contribution is 0.407. The third-order valence-corrected chi connectivity index (χ3v) is 3.85. The lowest BCUT2D eigenvalue weighted by Gasteiger charge is -2.20. The molecule has 3 aromatic rings. The summed E-state index contributed by atoms with van der Waals surface area (Å²) < 4.78 is 5.14. The molecule has 0 spiro atoms. The Kier molecular flexibility index (Phi) is 5.00. The van der Waals surface area contributed by atoms with E-state index >= 15 is 0 Å². The SMILES string of the molecule is COc1ccc(/C(C)=N/N(c2ccccc2)c2ccccc2)c(O)c1. The van der Waals surface area contributed by atoms with Gasteiger partial charge in [-0.05, 0) is 43.3 Å². The van der Waals surface area contributed by atoms with Crippen LogP contribution in [-0.2, 0) is 0 Å². The molecule has 0 aliphatic heterocycles. The summed E-state index contributed by atoms with van der Waals surface area (Å²) in [5.74, 6) is 0.749. The number of hydrogen-bond donors (Lipinski definition) is 1. The van der Waals surface area contributed by atoms with Crippen LogP contribution in [0.5, 0.6) is 11.5 Å². The highest BCUT2D eigenvalue weighted by molar-refractivity contribution is 6.02. The Morgan fingerprint density at radius 1 is 0.880 bits per heavy atom. The first kappa shape index (κ1) is 16.6. The van der Waals surface area contributed by atoms with Crippen molar-refractivity contribution in [3.63, 3.8) is 0 Å². The van der Waals surface area contributed by atoms with E-state index in [9.17, 15) is 5.11 Å². The predicted octanol–water partition coefficient (Wildman–Crippen LogP) is 4.96. The van der Waals surface area contributed by atoms with Crippen LogP contribution >= 0.6 is 0 Å². The van der Waals surface area contributed by atoms with Crippen LogP contribution in [0, 0.1) is 0 Å². The normalized spacial score (nSPS) is 11.2. The minimum Gasteiger partial charge on any atom is -0.507 e. The maximum absolute atomic E-state index is 10.3. The summed E-state index contributed by atoms with van der Waals surface area (Å²) in [5.41, 5.74) is 3.26. The number of nitrogens with zero attached hydrogens (tertiary/aromatic N) is 2. The number of benzene rings is 3. The fraction of sp³-hybridized carbons (Fsp3) is 0.0952. The summed E-state index contributed by atoms with van der Waals surface area (Å²) in [6, 6.07) is 25.0. The van der Waals surface area contributed by atoms with Gasteiger partial charge in [0.25, 0.3) is 0 Å². The number of ether oxygens (including phenoxy) is 1. The van der Waals surface area contributed by atoms with Crippen LogP contribution in [0.15, 0.2) is 84.0 Å². The zero-order valence-electron chi connectivity index (χ0n) is 14.3. The second-order valence-corrected chi connectivity index (χ2v) is 5.55. The molecule has 0 aromatic heterocycles. The standard InChI is InChI=1S/C21H20N2O2/c1-16(20-14-13-19(25-2)15-21(20)24)22-23(17-9-5-3-6-10-17)18-11-7-4-8-12-18/h3-15,24H,1-2H3/b22-16+. The van der Waals surface area contributed by atoms with Gasteiger partial charge in [0.15, 0.2) is 0 Å². The lowest BCUT2D eigenvalue weighted by Crippen LogP contribution is -2.12. The average molecular weight is 332 g/mol. The fourth-order valence-electron chi connectivity index (χ4n) is 2.55. The van der Waals surface area contributed by atoms with E-state index in [1.807, 2.05) is 78.7 Å². The van der Waals surface area contributed by atoms with Gasteiger partial charge in [0, 0.05) is 11.6 Å². The van der Waals surface area contributed by atoms with Crippen LogP contribution in [0.3, 0.4) is 0 Å². The van der Waals surface area contributed by atoms with Gasteiger partial charge in [-0.2, -0.15) is 5.10 Å². The van der Waals surface area contributed by atoms with Crippen LogP contribution in [0.4, 0.5) is 11.4 Å². The molecule has 0 fully saturated rings. The van der Waals surface area contributed by atoms with Crippen LogP contribution in [0.25, 0.3) is 0 Å². The first-order chi connectivity index (χ1) is 12.2. The van der Waals surface area contributed by atoms with Crippen molar-refractivity contribution in [2.24, 2.45) is 5.10 Å². The highest BCUT2D eigenvalue weighted by atomic mass is 16.5. The van der Waals surface area contributed by atoms with Crippen LogP contribution in [-0.4, -0.2) is 17.9 Å². The topological polar surface area (TPSA) is 45.1 Å². The number of phenols is 1. The van der Waals surface area contributed by atoms with E-state index < -0.39 is 0 Å². The van der Waals surface area contributed by atoms with Crippen molar-refractivity contribution in [1.82, 2.24) is 0 Å². The molecule has 3 aromatic carbocycles. The van der Waals surface area contributed by atoms with Gasteiger partial charge in [0.1, 0.15) is 11.5 Å². The van der Waals surface area contributed by atoms with Gasteiger partial charge in [-0.15, -0.1) is 0 Å². The van der Waals surface area contributed by atoms with Crippen molar-refractivity contribution >= 4 is 17.1 Å². The van der Waals surface area contributed by atoms with Crippen molar-refractivity contribution in [2.75, 3.05) is 12.1 Å². The van der Waals surface area contributed by atoms with Gasteiger partial charge in [-0.1, -0.05) is 36.4 Å². The van der Waals surface area contributed by atoms with E-state index in [1.54, 1.807) is 19.2 Å². The molecule has 0 radical (unpaired) electrons. The molecule has 0 bridgehead atoms. The number of phenolic OH excluding ortho intramolecular Hbond substituents is 1. The smallest absolute Gasteiger partial charge is 0.128 e. The molecule has 0 heterocycles. The summed E-state index contributed by atoms with van der Waals surface area (Å²) in [4.78, 5) is 0. The molecule has 1 N–H and O–H groups in total. The largest absolute Gasteiger partial charge is 0.507 e. The molecular weight excluding hydrogens is 312 g/mol. The Hall–Kier alpha value is -3.27. The molecule has 0 unspecified atom stereocenters. The minimum atomic E-state index is 0.140. The number of methoxy groups -OCH3 is 1. The van der Waals surface area contributed by atoms with Crippen LogP contribution in [0.2, 0.25) is 0 Å². The molecule has 0 amide bonds. The third kappa shape index (κ3) is 3.80. The first-order valence-corrected chi connectivity index (χ1v) is 8.02. The fourth-order valence-corrected chi connectivity index (χ4v) is 2.55. The van der Waals surface area contributed by atoms with Gasteiger partial charge >= 0.3 is 0 Å². The Morgan fingerprint density at radius 3 is 1.92 bits per heavy atom. The molecule has 4 heteroatoms. The molecule has 0 saturated heterocycles. The Labute approximate surface area is 147 Å². The molecule has 0 saturated carbocycles. The molecule has 0 aliphatic carbocycles. The monoisotopic (exact) mass is 332 g/mol. The maximum Gasteiger partial charge on any atom is 0.128 e.